The summed E-state index contributed by atoms with van der Waals surface area (Å²) in [5.74, 6) is 1.41. The van der Waals surface area contributed by atoms with Gasteiger partial charge in [-0.2, -0.15) is 0 Å². The highest BCUT2D eigenvalue weighted by Crippen LogP contribution is 2.33. The van der Waals surface area contributed by atoms with Crippen molar-refractivity contribution in [3.05, 3.63) is 56.9 Å². The Balaban J connectivity index is 2.16. The third-order valence-electron chi connectivity index (χ3n) is 3.94. The van der Waals surface area contributed by atoms with E-state index in [0.29, 0.717) is 18.0 Å². The van der Waals surface area contributed by atoms with Crippen LogP contribution in [-0.2, 0) is 13.6 Å². The zero-order chi connectivity index (χ0) is 16.6. The number of benzene rings is 2. The standard InChI is InChI=1S/C17H17BrN2O3/c1-19-13-6-4-5-7-14(13)20(17(19)21)10-11-8-16(23-3)12(18)9-15(11)22-2/h4-9H,10H2,1-3H3. The Morgan fingerprint density at radius 1 is 1.04 bits per heavy atom. The average molecular weight is 377 g/mol. The van der Waals surface area contributed by atoms with Crippen LogP contribution in [0.2, 0.25) is 0 Å². The minimum atomic E-state index is -0.0601. The van der Waals surface area contributed by atoms with Crippen molar-refractivity contribution in [3.8, 4) is 11.5 Å². The van der Waals surface area contributed by atoms with Crippen LogP contribution < -0.4 is 15.2 Å². The Bertz CT molecular complexity index is 927. The molecule has 120 valence electrons. The van der Waals surface area contributed by atoms with Gasteiger partial charge in [0, 0.05) is 12.6 Å². The molecule has 0 saturated carbocycles. The van der Waals surface area contributed by atoms with E-state index in [0.717, 1.165) is 21.1 Å². The molecule has 0 aliphatic carbocycles. The summed E-state index contributed by atoms with van der Waals surface area (Å²) in [5, 5.41) is 0. The number of hydrogen-bond acceptors (Lipinski definition) is 3. The molecule has 6 heteroatoms. The van der Waals surface area contributed by atoms with E-state index in [9.17, 15) is 4.79 Å². The number of nitrogens with zero attached hydrogens (tertiary/aromatic N) is 2. The number of halogens is 1. The Morgan fingerprint density at radius 2 is 1.70 bits per heavy atom. The summed E-state index contributed by atoms with van der Waals surface area (Å²) in [7, 11) is 5.00. The fraction of sp³-hybridized carbons (Fsp3) is 0.235. The molecular weight excluding hydrogens is 360 g/mol. The molecule has 0 N–H and O–H groups in total. The van der Waals surface area contributed by atoms with Crippen molar-refractivity contribution < 1.29 is 9.47 Å². The summed E-state index contributed by atoms with van der Waals surface area (Å²) in [6, 6.07) is 11.5. The first-order chi connectivity index (χ1) is 11.1. The van der Waals surface area contributed by atoms with E-state index < -0.39 is 0 Å². The molecule has 0 fully saturated rings. The fourth-order valence-electron chi connectivity index (χ4n) is 2.73. The van der Waals surface area contributed by atoms with Crippen LogP contribution in [0.5, 0.6) is 11.5 Å². The molecule has 2 aromatic carbocycles. The average Bonchev–Trinajstić information content (AvgIpc) is 2.81. The van der Waals surface area contributed by atoms with Crippen molar-refractivity contribution in [1.82, 2.24) is 9.13 Å². The molecular formula is C17H17BrN2O3. The molecule has 1 heterocycles. The molecule has 0 radical (unpaired) electrons. The molecule has 0 saturated heterocycles. The molecule has 3 rings (SSSR count). The highest BCUT2D eigenvalue weighted by Gasteiger charge is 2.15. The van der Waals surface area contributed by atoms with Gasteiger partial charge in [-0.25, -0.2) is 4.79 Å². The summed E-state index contributed by atoms with van der Waals surface area (Å²) >= 11 is 3.45. The number of ether oxygens (including phenoxy) is 2. The zero-order valence-electron chi connectivity index (χ0n) is 13.2. The van der Waals surface area contributed by atoms with Gasteiger partial charge in [0.25, 0.3) is 0 Å². The van der Waals surface area contributed by atoms with E-state index in [1.807, 2.05) is 36.4 Å². The molecule has 0 bridgehead atoms. The van der Waals surface area contributed by atoms with Crippen LogP contribution in [-0.4, -0.2) is 23.4 Å². The van der Waals surface area contributed by atoms with Gasteiger partial charge in [0.2, 0.25) is 0 Å². The van der Waals surface area contributed by atoms with Gasteiger partial charge in [-0.15, -0.1) is 0 Å². The minimum absolute atomic E-state index is 0.0601. The van der Waals surface area contributed by atoms with Crippen molar-refractivity contribution in [2.24, 2.45) is 7.05 Å². The minimum Gasteiger partial charge on any atom is -0.496 e. The lowest BCUT2D eigenvalue weighted by molar-refractivity contribution is 0.395. The Morgan fingerprint density at radius 3 is 2.35 bits per heavy atom. The number of fused-ring (bicyclic) bond motifs is 1. The summed E-state index contributed by atoms with van der Waals surface area (Å²) in [6.45, 7) is 0.410. The summed E-state index contributed by atoms with van der Waals surface area (Å²) in [5.41, 5.74) is 2.62. The van der Waals surface area contributed by atoms with Crippen molar-refractivity contribution in [1.29, 1.82) is 0 Å². The van der Waals surface area contributed by atoms with Gasteiger partial charge in [-0.3, -0.25) is 9.13 Å². The SMILES string of the molecule is COc1cc(Cn2c(=O)n(C)c3ccccc32)c(OC)cc1Br. The monoisotopic (exact) mass is 376 g/mol. The maximum Gasteiger partial charge on any atom is 0.329 e. The normalized spacial score (nSPS) is 11.0. The van der Waals surface area contributed by atoms with Crippen molar-refractivity contribution >= 4 is 27.0 Å². The van der Waals surface area contributed by atoms with Gasteiger partial charge >= 0.3 is 5.69 Å². The lowest BCUT2D eigenvalue weighted by atomic mass is 10.2. The van der Waals surface area contributed by atoms with E-state index in [-0.39, 0.29) is 5.69 Å². The molecule has 0 unspecified atom stereocenters. The van der Waals surface area contributed by atoms with Crippen LogP contribution in [0.3, 0.4) is 0 Å². The largest absolute Gasteiger partial charge is 0.496 e. The maximum absolute atomic E-state index is 12.6. The molecule has 0 amide bonds. The second-order valence-corrected chi connectivity index (χ2v) is 6.07. The maximum atomic E-state index is 12.6. The zero-order valence-corrected chi connectivity index (χ0v) is 14.8. The van der Waals surface area contributed by atoms with Gasteiger partial charge in [-0.05, 0) is 40.2 Å². The van der Waals surface area contributed by atoms with Crippen LogP contribution in [0.15, 0.2) is 45.7 Å². The second-order valence-electron chi connectivity index (χ2n) is 5.22. The van der Waals surface area contributed by atoms with Crippen LogP contribution in [0.4, 0.5) is 0 Å². The van der Waals surface area contributed by atoms with Gasteiger partial charge in [0.1, 0.15) is 11.5 Å². The van der Waals surface area contributed by atoms with E-state index >= 15 is 0 Å². The first-order valence-electron chi connectivity index (χ1n) is 7.11. The first kappa shape index (κ1) is 15.7. The predicted molar refractivity (Wildman–Crippen MR) is 93.5 cm³/mol. The highest BCUT2D eigenvalue weighted by atomic mass is 79.9. The smallest absolute Gasteiger partial charge is 0.329 e. The third kappa shape index (κ3) is 2.63. The highest BCUT2D eigenvalue weighted by molar-refractivity contribution is 9.10. The van der Waals surface area contributed by atoms with E-state index in [1.54, 1.807) is 30.4 Å². The van der Waals surface area contributed by atoms with Gasteiger partial charge in [0.05, 0.1) is 36.3 Å². The molecule has 0 atom stereocenters. The first-order valence-corrected chi connectivity index (χ1v) is 7.90. The van der Waals surface area contributed by atoms with Crippen LogP contribution in [0.1, 0.15) is 5.56 Å². The lowest BCUT2D eigenvalue weighted by Crippen LogP contribution is -2.22. The molecule has 0 spiro atoms. The van der Waals surface area contributed by atoms with Crippen molar-refractivity contribution in [3.63, 3.8) is 0 Å². The number of methoxy groups -OCH3 is 2. The van der Waals surface area contributed by atoms with Crippen LogP contribution >= 0.6 is 15.9 Å². The Hall–Kier alpha value is -2.21. The molecule has 0 aliphatic rings. The molecule has 1 aromatic heterocycles. The van der Waals surface area contributed by atoms with E-state index in [4.69, 9.17) is 9.47 Å². The predicted octanol–water partition coefficient (Wildman–Crippen LogP) is 3.17. The van der Waals surface area contributed by atoms with Crippen LogP contribution in [0, 0.1) is 0 Å². The van der Waals surface area contributed by atoms with Crippen LogP contribution in [0.25, 0.3) is 11.0 Å². The summed E-state index contributed by atoms with van der Waals surface area (Å²) < 4.78 is 15.0. The summed E-state index contributed by atoms with van der Waals surface area (Å²) in [4.78, 5) is 12.6. The quantitative estimate of drug-likeness (QED) is 0.702. The second kappa shape index (κ2) is 6.12. The van der Waals surface area contributed by atoms with E-state index in [2.05, 4.69) is 15.9 Å². The van der Waals surface area contributed by atoms with Gasteiger partial charge in [0.15, 0.2) is 0 Å². The molecule has 5 nitrogen and oxygen atoms in total. The molecule has 0 aliphatic heterocycles. The Labute approximate surface area is 142 Å². The van der Waals surface area contributed by atoms with Gasteiger partial charge < -0.3 is 9.47 Å². The topological polar surface area (TPSA) is 45.4 Å². The number of rotatable bonds is 4. The summed E-state index contributed by atoms with van der Waals surface area (Å²) in [6.07, 6.45) is 0. The molecule has 3 aromatic rings. The lowest BCUT2D eigenvalue weighted by Gasteiger charge is -2.13. The number of aryl methyl sites for hydroxylation is 1. The van der Waals surface area contributed by atoms with E-state index in [1.165, 1.54) is 0 Å². The van der Waals surface area contributed by atoms with Crippen molar-refractivity contribution in [2.45, 2.75) is 6.54 Å². The number of hydrogen-bond donors (Lipinski definition) is 0. The van der Waals surface area contributed by atoms with Gasteiger partial charge in [-0.1, -0.05) is 12.1 Å². The third-order valence-corrected chi connectivity index (χ3v) is 4.55. The Kier molecular flexibility index (Phi) is 4.17. The number of para-hydroxylation sites is 2. The molecule has 23 heavy (non-hydrogen) atoms. The van der Waals surface area contributed by atoms with Crippen molar-refractivity contribution in [2.75, 3.05) is 14.2 Å². The fourth-order valence-corrected chi connectivity index (χ4v) is 3.22. The number of imidazole rings is 1. The number of aromatic nitrogens is 2.